The molecule has 5 heterocycles. The van der Waals surface area contributed by atoms with Gasteiger partial charge in [-0.25, -0.2) is 0 Å². The van der Waals surface area contributed by atoms with Gasteiger partial charge < -0.3 is 101 Å². The minimum atomic E-state index is -1.70. The first kappa shape index (κ1) is 80.2. The minimum absolute atomic E-state index is 0.0252. The first-order valence-electron chi connectivity index (χ1n) is 37.4. The van der Waals surface area contributed by atoms with Crippen LogP contribution in [0.4, 0.5) is 0 Å². The van der Waals surface area contributed by atoms with Gasteiger partial charge in [0.15, 0.2) is 31.3 Å². The molecule has 7 aromatic rings. The van der Waals surface area contributed by atoms with Crippen molar-refractivity contribution in [1.29, 1.82) is 0 Å². The Kier molecular flexibility index (Phi) is 29.4. The van der Waals surface area contributed by atoms with Crippen LogP contribution in [0, 0.1) is 5.92 Å². The van der Waals surface area contributed by atoms with Crippen LogP contribution in [0.1, 0.15) is 87.4 Å². The number of carbonyl (C=O) groups excluding carboxylic acids is 2. The van der Waals surface area contributed by atoms with Gasteiger partial charge in [-0.05, 0) is 66.6 Å². The molecule has 7 aromatic carbocycles. The van der Waals surface area contributed by atoms with Crippen molar-refractivity contribution in [2.75, 3.05) is 13.2 Å². The van der Waals surface area contributed by atoms with E-state index in [0.29, 0.717) is 0 Å². The molecule has 4 N–H and O–H groups in total. The largest absolute Gasteiger partial charge is 0.454 e. The Labute approximate surface area is 632 Å². The number of aliphatic hydroxyl groups excluding tert-OH is 3. The molecular weight excluding hydrogens is 1390 g/mol. The van der Waals surface area contributed by atoms with Gasteiger partial charge in [-0.2, -0.15) is 0 Å². The monoisotopic (exact) mass is 1490 g/mol. The molecule has 25 atom stereocenters. The van der Waals surface area contributed by atoms with Crippen LogP contribution in [0.5, 0.6) is 0 Å². The Morgan fingerprint density at radius 2 is 0.694 bits per heavy atom. The highest BCUT2D eigenvalue weighted by atomic mass is 16.8. The standard InChI is InChI=1S/C85H103NO22/c1-52-71(93-45-60-31-17-9-18-32-60)75(97-49-64-39-25-13-26-40-64)67(51-92-44-59-29-15-8-16-30-59)104-82(52)106-77-70(91)83(100-54(3)72(77)94-46-61-33-19-10-20-34-61)108-80-78(98-50-65-41-27-14-28-42-65)73(95-47-62-35-21-11-22-36-62)55(4)101-84(80)107-79-74(96-48-63-37-23-12-24-38-63)56(5)102-85(81(79)103-58(7)89)105-76-68(86-57(6)88)53(2)99-66(43-87)69(76)90/h8-42,52-56,66-85,87,90-91H,43-51H2,1-7H3,(H,86,88)/t52?,53-,54?,55?,56?,66?,67-,68?,69+,70?,71?,72+,73+,74+,75-,76+,77+,78-,79-,80?,81?,82+,83-,84-,85-/m0/s1. The summed E-state index contributed by atoms with van der Waals surface area (Å²) in [5, 5.41) is 39.0. The second-order valence-electron chi connectivity index (χ2n) is 28.3. The summed E-state index contributed by atoms with van der Waals surface area (Å²) in [6.07, 6.45) is -27.1. The van der Waals surface area contributed by atoms with E-state index in [1.54, 1.807) is 13.8 Å². The molecule has 1 amide bonds. The third-order valence-corrected chi connectivity index (χ3v) is 20.2. The summed E-state index contributed by atoms with van der Waals surface area (Å²) < 4.78 is 118. The Morgan fingerprint density at radius 3 is 1.12 bits per heavy atom. The zero-order valence-electron chi connectivity index (χ0n) is 62.1. The molecule has 580 valence electrons. The first-order chi connectivity index (χ1) is 52.5. The fourth-order valence-corrected chi connectivity index (χ4v) is 14.7. The molecule has 23 nitrogen and oxygen atoms in total. The number of esters is 1. The molecule has 0 radical (unpaired) electrons. The summed E-state index contributed by atoms with van der Waals surface area (Å²) in [5.41, 5.74) is 6.15. The van der Waals surface area contributed by atoms with E-state index in [-0.39, 0.29) is 52.9 Å². The van der Waals surface area contributed by atoms with Crippen LogP contribution in [0.15, 0.2) is 212 Å². The normalized spacial score (nSPS) is 32.9. The van der Waals surface area contributed by atoms with E-state index in [1.165, 1.54) is 13.8 Å². The smallest absolute Gasteiger partial charge is 0.303 e. The quantitative estimate of drug-likeness (QED) is 0.0279. The first-order valence-corrected chi connectivity index (χ1v) is 37.4. The second-order valence-corrected chi connectivity index (χ2v) is 28.3. The summed E-state index contributed by atoms with van der Waals surface area (Å²) in [5.74, 6) is -1.82. The number of amides is 1. The van der Waals surface area contributed by atoms with E-state index in [2.05, 4.69) is 5.32 Å². The van der Waals surface area contributed by atoms with Gasteiger partial charge >= 0.3 is 5.97 Å². The van der Waals surface area contributed by atoms with E-state index >= 15 is 0 Å². The summed E-state index contributed by atoms with van der Waals surface area (Å²) in [7, 11) is 0. The molecule has 5 saturated heterocycles. The van der Waals surface area contributed by atoms with Crippen molar-refractivity contribution in [3.63, 3.8) is 0 Å². The summed E-state index contributed by atoms with van der Waals surface area (Å²) in [4.78, 5) is 26.7. The van der Waals surface area contributed by atoms with Crippen molar-refractivity contribution >= 4 is 11.9 Å². The predicted octanol–water partition coefficient (Wildman–Crippen LogP) is 9.79. The predicted molar refractivity (Wildman–Crippen MR) is 393 cm³/mol. The van der Waals surface area contributed by atoms with Crippen LogP contribution >= 0.6 is 0 Å². The highest BCUT2D eigenvalue weighted by molar-refractivity contribution is 5.73. The Bertz CT molecular complexity index is 3770. The summed E-state index contributed by atoms with van der Waals surface area (Å²) in [6.45, 7) is 12.0. The van der Waals surface area contributed by atoms with Gasteiger partial charge in [0, 0.05) is 19.8 Å². The summed E-state index contributed by atoms with van der Waals surface area (Å²) >= 11 is 0. The van der Waals surface area contributed by atoms with E-state index < -0.39 is 172 Å². The molecule has 12 rings (SSSR count). The fourth-order valence-electron chi connectivity index (χ4n) is 14.7. The van der Waals surface area contributed by atoms with E-state index in [4.69, 9.17) is 80.5 Å². The van der Waals surface area contributed by atoms with Crippen LogP contribution in [-0.2, 0) is 136 Å². The van der Waals surface area contributed by atoms with E-state index in [9.17, 15) is 24.9 Å². The average molecular weight is 1490 g/mol. The number of hydrogen-bond donors (Lipinski definition) is 4. The van der Waals surface area contributed by atoms with Crippen molar-refractivity contribution < 1.29 is 105 Å². The Morgan fingerprint density at radius 1 is 0.343 bits per heavy atom. The van der Waals surface area contributed by atoms with Gasteiger partial charge in [-0.1, -0.05) is 219 Å². The molecule has 108 heavy (non-hydrogen) atoms. The molecule has 23 heteroatoms. The Hall–Kier alpha value is -7.28. The molecule has 0 aromatic heterocycles. The third-order valence-electron chi connectivity index (χ3n) is 20.2. The molecule has 0 saturated carbocycles. The maximum Gasteiger partial charge on any atom is 0.303 e. The minimum Gasteiger partial charge on any atom is -0.454 e. The summed E-state index contributed by atoms with van der Waals surface area (Å²) in [6, 6.07) is 66.9. The lowest BCUT2D eigenvalue weighted by Gasteiger charge is -2.52. The number of ether oxygens (including phenoxy) is 17. The SMILES string of the molecule is CC(=O)NC1[C@H](C)OC(CO)[C@@H](O)[C@@H]1O[C@@H]1OC(C)[C@@H](OCc2ccccc2)[C@H](O[C@@H]2OC(C)[C@@H](OCc3ccccc3)[C@H](OCc3ccccc3)C2O[C@@H]2OC(C)[C@@H](OCc3ccccc3)[C@H](O[C@H]3O[C@@H](COCc4ccccc4)[C@H](OCc4ccccc4)C(OCc4ccccc4)C3C)C2O)C1OC(C)=O. The average Bonchev–Trinajstić information content (AvgIpc) is 0.764. The van der Waals surface area contributed by atoms with Gasteiger partial charge in [0.25, 0.3) is 0 Å². The zero-order chi connectivity index (χ0) is 75.5. The molecular formula is C85H103NO22. The molecule has 5 aliphatic heterocycles. The van der Waals surface area contributed by atoms with E-state index in [0.717, 1.165) is 38.9 Å². The highest BCUT2D eigenvalue weighted by Gasteiger charge is 2.59. The number of benzene rings is 7. The molecule has 5 aliphatic rings. The zero-order valence-corrected chi connectivity index (χ0v) is 62.1. The van der Waals surface area contributed by atoms with Crippen LogP contribution < -0.4 is 5.32 Å². The fraction of sp³-hybridized carbons (Fsp3) is 0.482. The maximum atomic E-state index is 13.8. The molecule has 5 fully saturated rings. The van der Waals surface area contributed by atoms with Crippen molar-refractivity contribution in [2.45, 2.75) is 242 Å². The second kappa shape index (κ2) is 39.6. The van der Waals surface area contributed by atoms with Gasteiger partial charge in [0.05, 0.1) is 96.0 Å². The number of aliphatic hydroxyl groups is 3. The molecule has 0 bridgehead atoms. The lowest BCUT2D eigenvalue weighted by atomic mass is 9.91. The van der Waals surface area contributed by atoms with Crippen LogP contribution in [0.25, 0.3) is 0 Å². The lowest BCUT2D eigenvalue weighted by Crippen LogP contribution is -2.69. The van der Waals surface area contributed by atoms with Crippen LogP contribution in [-0.4, -0.2) is 188 Å². The number of hydrogen-bond acceptors (Lipinski definition) is 22. The van der Waals surface area contributed by atoms with Crippen molar-refractivity contribution in [3.8, 4) is 0 Å². The van der Waals surface area contributed by atoms with Gasteiger partial charge in [-0.15, -0.1) is 0 Å². The highest BCUT2D eigenvalue weighted by Crippen LogP contribution is 2.42. The third kappa shape index (κ3) is 21.2. The van der Waals surface area contributed by atoms with Crippen molar-refractivity contribution in [2.24, 2.45) is 5.92 Å². The molecule has 0 spiro atoms. The molecule has 10 unspecified atom stereocenters. The number of nitrogens with one attached hydrogen (secondary N) is 1. The topological polar surface area (TPSA) is 264 Å². The van der Waals surface area contributed by atoms with Gasteiger partial charge in [-0.3, -0.25) is 9.59 Å². The number of rotatable bonds is 33. The van der Waals surface area contributed by atoms with Gasteiger partial charge in [0.1, 0.15) is 79.4 Å². The van der Waals surface area contributed by atoms with Crippen molar-refractivity contribution in [1.82, 2.24) is 5.32 Å². The van der Waals surface area contributed by atoms with Crippen LogP contribution in [0.3, 0.4) is 0 Å². The van der Waals surface area contributed by atoms with E-state index in [1.807, 2.05) is 233 Å². The van der Waals surface area contributed by atoms with Crippen molar-refractivity contribution in [3.05, 3.63) is 251 Å². The van der Waals surface area contributed by atoms with Gasteiger partial charge in [0.2, 0.25) is 5.91 Å². The van der Waals surface area contributed by atoms with Crippen LogP contribution in [0.2, 0.25) is 0 Å². The Balaban J connectivity index is 0.935. The lowest BCUT2D eigenvalue weighted by molar-refractivity contribution is -0.402. The molecule has 0 aliphatic carbocycles. The number of carbonyl (C=O) groups is 2. The maximum absolute atomic E-state index is 13.8.